The summed E-state index contributed by atoms with van der Waals surface area (Å²) in [5, 5.41) is 20.8. The molecule has 1 aliphatic rings. The molecule has 1 aliphatic carbocycles. The van der Waals surface area contributed by atoms with E-state index in [9.17, 15) is 5.11 Å². The predicted molar refractivity (Wildman–Crippen MR) is 55.0 cm³/mol. The molecule has 5 nitrogen and oxygen atoms in total. The van der Waals surface area contributed by atoms with Crippen LogP contribution < -0.4 is 0 Å². The molecule has 0 spiro atoms. The van der Waals surface area contributed by atoms with Gasteiger partial charge in [-0.1, -0.05) is 19.3 Å². The first kappa shape index (κ1) is 10.5. The van der Waals surface area contributed by atoms with Crippen molar-refractivity contribution in [2.24, 2.45) is 5.92 Å². The normalized spacial score (nSPS) is 20.4. The highest BCUT2D eigenvalue weighted by Gasteiger charge is 2.18. The van der Waals surface area contributed by atoms with Gasteiger partial charge in [0.15, 0.2) is 5.82 Å². The Kier molecular flexibility index (Phi) is 3.30. The van der Waals surface area contributed by atoms with Gasteiger partial charge in [0.2, 0.25) is 0 Å². The molecule has 0 aliphatic heterocycles. The summed E-state index contributed by atoms with van der Waals surface area (Å²) in [6, 6.07) is 0. The summed E-state index contributed by atoms with van der Waals surface area (Å²) in [7, 11) is 0. The molecule has 0 aromatic carbocycles. The lowest BCUT2D eigenvalue weighted by Crippen LogP contribution is -2.18. The Balaban J connectivity index is 1.99. The Morgan fingerprint density at radius 1 is 1.40 bits per heavy atom. The van der Waals surface area contributed by atoms with Gasteiger partial charge in [0.25, 0.3) is 0 Å². The number of rotatable bonds is 3. The van der Waals surface area contributed by atoms with E-state index in [1.807, 2.05) is 0 Å². The Hall–Kier alpha value is -0.970. The first-order valence-corrected chi connectivity index (χ1v) is 5.71. The van der Waals surface area contributed by atoms with Crippen molar-refractivity contribution in [1.82, 2.24) is 20.2 Å². The van der Waals surface area contributed by atoms with Crippen molar-refractivity contribution in [3.63, 3.8) is 0 Å². The minimum Gasteiger partial charge on any atom is -0.385 e. The molecule has 1 atom stereocenters. The van der Waals surface area contributed by atoms with Crippen molar-refractivity contribution in [3.05, 3.63) is 5.82 Å². The van der Waals surface area contributed by atoms with Crippen LogP contribution in [0.1, 0.15) is 51.0 Å². The SMILES string of the molecule is CC(O)c1nnnn1CC1CCCCC1. The number of hydrogen-bond acceptors (Lipinski definition) is 4. The van der Waals surface area contributed by atoms with Crippen LogP contribution in [0.25, 0.3) is 0 Å². The summed E-state index contributed by atoms with van der Waals surface area (Å²) in [6.07, 6.45) is 5.94. The summed E-state index contributed by atoms with van der Waals surface area (Å²) >= 11 is 0. The molecular formula is C10H18N4O. The fourth-order valence-electron chi connectivity index (χ4n) is 2.26. The molecular weight excluding hydrogens is 192 g/mol. The van der Waals surface area contributed by atoms with Crippen LogP contribution in [-0.4, -0.2) is 25.3 Å². The maximum atomic E-state index is 9.46. The molecule has 1 aromatic rings. The molecule has 15 heavy (non-hydrogen) atoms. The highest BCUT2D eigenvalue weighted by atomic mass is 16.3. The van der Waals surface area contributed by atoms with Crippen LogP contribution in [-0.2, 0) is 6.54 Å². The van der Waals surface area contributed by atoms with Crippen LogP contribution >= 0.6 is 0 Å². The van der Waals surface area contributed by atoms with Crippen molar-refractivity contribution in [2.75, 3.05) is 0 Å². The molecule has 1 saturated carbocycles. The number of tetrazole rings is 1. The number of aromatic nitrogens is 4. The predicted octanol–water partition coefficient (Wildman–Crippen LogP) is 1.31. The summed E-state index contributed by atoms with van der Waals surface area (Å²) in [5.41, 5.74) is 0. The van der Waals surface area contributed by atoms with Crippen molar-refractivity contribution < 1.29 is 5.11 Å². The van der Waals surface area contributed by atoms with Gasteiger partial charge >= 0.3 is 0 Å². The highest BCUT2D eigenvalue weighted by Crippen LogP contribution is 2.25. The molecule has 5 heteroatoms. The van der Waals surface area contributed by atoms with Gasteiger partial charge in [0.05, 0.1) is 0 Å². The lowest BCUT2D eigenvalue weighted by molar-refractivity contribution is 0.177. The summed E-state index contributed by atoms with van der Waals surface area (Å²) in [4.78, 5) is 0. The van der Waals surface area contributed by atoms with E-state index in [1.54, 1.807) is 11.6 Å². The maximum Gasteiger partial charge on any atom is 0.179 e. The quantitative estimate of drug-likeness (QED) is 0.817. The zero-order valence-electron chi connectivity index (χ0n) is 9.13. The molecule has 2 rings (SSSR count). The molecule has 1 heterocycles. The summed E-state index contributed by atoms with van der Waals surface area (Å²) in [6.45, 7) is 2.55. The molecule has 1 unspecified atom stereocenters. The lowest BCUT2D eigenvalue weighted by atomic mass is 9.89. The van der Waals surface area contributed by atoms with E-state index >= 15 is 0 Å². The third-order valence-corrected chi connectivity index (χ3v) is 3.09. The fraction of sp³-hybridized carbons (Fsp3) is 0.900. The minimum atomic E-state index is -0.580. The molecule has 0 bridgehead atoms. The first-order chi connectivity index (χ1) is 7.27. The van der Waals surface area contributed by atoms with E-state index in [0.717, 1.165) is 6.54 Å². The van der Waals surface area contributed by atoms with Crippen LogP contribution in [0.2, 0.25) is 0 Å². The third-order valence-electron chi connectivity index (χ3n) is 3.09. The van der Waals surface area contributed by atoms with Crippen LogP contribution in [0, 0.1) is 5.92 Å². The van der Waals surface area contributed by atoms with Gasteiger partial charge in [-0.25, -0.2) is 4.68 Å². The van der Waals surface area contributed by atoms with Crippen LogP contribution in [0.4, 0.5) is 0 Å². The number of nitrogens with zero attached hydrogens (tertiary/aromatic N) is 4. The number of aliphatic hydroxyl groups excluding tert-OH is 1. The second-order valence-corrected chi connectivity index (χ2v) is 4.40. The minimum absolute atomic E-state index is 0.580. The molecule has 84 valence electrons. The zero-order chi connectivity index (χ0) is 10.7. The smallest absolute Gasteiger partial charge is 0.179 e. The van der Waals surface area contributed by atoms with Crippen LogP contribution in [0.3, 0.4) is 0 Å². The average molecular weight is 210 g/mol. The number of aliphatic hydroxyl groups is 1. The molecule has 1 aromatic heterocycles. The van der Waals surface area contributed by atoms with Gasteiger partial charge in [-0.3, -0.25) is 0 Å². The standard InChI is InChI=1S/C10H18N4O/c1-8(15)10-11-12-13-14(10)7-9-5-3-2-4-6-9/h8-9,15H,2-7H2,1H3. The fourth-order valence-corrected chi connectivity index (χ4v) is 2.26. The first-order valence-electron chi connectivity index (χ1n) is 5.71. The largest absolute Gasteiger partial charge is 0.385 e. The summed E-state index contributed by atoms with van der Waals surface area (Å²) < 4.78 is 1.75. The van der Waals surface area contributed by atoms with Crippen molar-refractivity contribution in [2.45, 2.75) is 51.7 Å². The molecule has 1 fully saturated rings. The third kappa shape index (κ3) is 2.53. The van der Waals surface area contributed by atoms with Gasteiger partial charge < -0.3 is 5.11 Å². The summed E-state index contributed by atoms with van der Waals surface area (Å²) in [5.74, 6) is 1.26. The van der Waals surface area contributed by atoms with Gasteiger partial charge in [0, 0.05) is 6.54 Å². The van der Waals surface area contributed by atoms with E-state index < -0.39 is 6.10 Å². The average Bonchev–Trinajstić information content (AvgIpc) is 2.67. The molecule has 0 saturated heterocycles. The van der Waals surface area contributed by atoms with Gasteiger partial charge in [-0.2, -0.15) is 0 Å². The van der Waals surface area contributed by atoms with Crippen molar-refractivity contribution in [3.8, 4) is 0 Å². The van der Waals surface area contributed by atoms with E-state index in [4.69, 9.17) is 0 Å². The maximum absolute atomic E-state index is 9.46. The van der Waals surface area contributed by atoms with Crippen LogP contribution in [0.15, 0.2) is 0 Å². The second-order valence-electron chi connectivity index (χ2n) is 4.40. The van der Waals surface area contributed by atoms with Gasteiger partial charge in [0.1, 0.15) is 6.10 Å². The Labute approximate surface area is 89.5 Å². The monoisotopic (exact) mass is 210 g/mol. The lowest BCUT2D eigenvalue weighted by Gasteiger charge is -2.21. The second kappa shape index (κ2) is 4.70. The Bertz CT molecular complexity index is 304. The van der Waals surface area contributed by atoms with E-state index in [1.165, 1.54) is 32.1 Å². The topological polar surface area (TPSA) is 63.8 Å². The number of hydrogen-bond donors (Lipinski definition) is 1. The highest BCUT2D eigenvalue weighted by molar-refractivity contribution is 4.85. The van der Waals surface area contributed by atoms with Crippen molar-refractivity contribution >= 4 is 0 Å². The van der Waals surface area contributed by atoms with Crippen LogP contribution in [0.5, 0.6) is 0 Å². The molecule has 0 radical (unpaired) electrons. The van der Waals surface area contributed by atoms with Crippen molar-refractivity contribution in [1.29, 1.82) is 0 Å². The Morgan fingerprint density at radius 2 is 2.13 bits per heavy atom. The Morgan fingerprint density at radius 3 is 2.80 bits per heavy atom. The zero-order valence-corrected chi connectivity index (χ0v) is 9.13. The van der Waals surface area contributed by atoms with E-state index in [-0.39, 0.29) is 0 Å². The molecule has 0 amide bonds. The van der Waals surface area contributed by atoms with E-state index in [0.29, 0.717) is 11.7 Å². The molecule has 1 N–H and O–H groups in total. The van der Waals surface area contributed by atoms with Gasteiger partial charge in [-0.05, 0) is 36.1 Å². The van der Waals surface area contributed by atoms with E-state index in [2.05, 4.69) is 15.5 Å². The van der Waals surface area contributed by atoms with Gasteiger partial charge in [-0.15, -0.1) is 5.10 Å².